The highest BCUT2D eigenvalue weighted by molar-refractivity contribution is 9.10. The third-order valence-corrected chi connectivity index (χ3v) is 5.10. The molecule has 0 amide bonds. The Kier molecular flexibility index (Phi) is 5.32. The van der Waals surface area contributed by atoms with Crippen LogP contribution in [0.2, 0.25) is 0 Å². The number of likely N-dealkylation sites (tertiary alicyclic amines) is 1. The fraction of sp³-hybridized carbons (Fsp3) is 0.300. The second-order valence-corrected chi connectivity index (χ2v) is 7.44. The molecule has 2 aromatic carbocycles. The van der Waals surface area contributed by atoms with Crippen molar-refractivity contribution in [3.8, 4) is 0 Å². The lowest BCUT2D eigenvalue weighted by molar-refractivity contribution is 0.352. The van der Waals surface area contributed by atoms with Gasteiger partial charge in [0.2, 0.25) is 5.95 Å². The lowest BCUT2D eigenvalue weighted by Crippen LogP contribution is -2.26. The predicted octanol–water partition coefficient (Wildman–Crippen LogP) is 4.64. The Morgan fingerprint density at radius 2 is 1.85 bits per heavy atom. The smallest absolute Gasteiger partial charge is 0.229 e. The van der Waals surface area contributed by atoms with Crippen LogP contribution in [0.3, 0.4) is 0 Å². The first kappa shape index (κ1) is 17.2. The maximum Gasteiger partial charge on any atom is 0.229 e. The van der Waals surface area contributed by atoms with Crippen LogP contribution >= 0.6 is 15.9 Å². The van der Waals surface area contributed by atoms with E-state index in [2.05, 4.69) is 42.5 Å². The number of hydrogen-bond donors (Lipinski definition) is 2. The molecule has 1 aliphatic heterocycles. The number of aromatic nitrogens is 2. The number of fused-ring (bicyclic) bond motifs is 1. The second kappa shape index (κ2) is 8.01. The van der Waals surface area contributed by atoms with Crippen LogP contribution in [-0.2, 0) is 0 Å². The van der Waals surface area contributed by atoms with Crippen LogP contribution in [0.15, 0.2) is 53.0 Å². The summed E-state index contributed by atoms with van der Waals surface area (Å²) in [6, 6.07) is 16.1. The van der Waals surface area contributed by atoms with Crippen LogP contribution in [-0.4, -0.2) is 41.0 Å². The Hall–Kier alpha value is -2.18. The summed E-state index contributed by atoms with van der Waals surface area (Å²) in [5, 5.41) is 7.87. The van der Waals surface area contributed by atoms with Crippen molar-refractivity contribution in [1.29, 1.82) is 0 Å². The van der Waals surface area contributed by atoms with Crippen LogP contribution < -0.4 is 10.6 Å². The maximum absolute atomic E-state index is 4.72. The zero-order chi connectivity index (χ0) is 17.8. The van der Waals surface area contributed by atoms with Crippen molar-refractivity contribution in [2.45, 2.75) is 12.8 Å². The number of nitrogens with zero attached hydrogens (tertiary/aromatic N) is 3. The molecule has 0 saturated carbocycles. The van der Waals surface area contributed by atoms with Crippen LogP contribution in [0.25, 0.3) is 10.9 Å². The van der Waals surface area contributed by atoms with E-state index in [1.165, 1.54) is 25.9 Å². The molecular formula is C20H22BrN5. The average Bonchev–Trinajstić information content (AvgIpc) is 3.15. The van der Waals surface area contributed by atoms with Crippen molar-refractivity contribution in [3.63, 3.8) is 0 Å². The topological polar surface area (TPSA) is 53.1 Å². The van der Waals surface area contributed by atoms with E-state index in [9.17, 15) is 0 Å². The molecule has 1 aromatic heterocycles. The molecule has 3 aromatic rings. The molecule has 1 fully saturated rings. The quantitative estimate of drug-likeness (QED) is 0.618. The highest BCUT2D eigenvalue weighted by Crippen LogP contribution is 2.24. The van der Waals surface area contributed by atoms with Crippen molar-refractivity contribution < 1.29 is 0 Å². The van der Waals surface area contributed by atoms with Gasteiger partial charge in [-0.05, 0) is 56.3 Å². The maximum atomic E-state index is 4.72. The molecule has 6 heteroatoms. The SMILES string of the molecule is Brc1cccc(Nc2nc(NCCN3CCCC3)c3ccccc3n2)c1. The zero-order valence-corrected chi connectivity index (χ0v) is 16.2. The Labute approximate surface area is 162 Å². The summed E-state index contributed by atoms with van der Waals surface area (Å²) in [6.45, 7) is 4.36. The van der Waals surface area contributed by atoms with Gasteiger partial charge < -0.3 is 15.5 Å². The van der Waals surface area contributed by atoms with E-state index in [1.807, 2.05) is 42.5 Å². The van der Waals surface area contributed by atoms with Gasteiger partial charge in [0.25, 0.3) is 0 Å². The third-order valence-electron chi connectivity index (χ3n) is 4.60. The number of benzene rings is 2. The van der Waals surface area contributed by atoms with Gasteiger partial charge in [0, 0.05) is 28.6 Å². The number of halogens is 1. The summed E-state index contributed by atoms with van der Waals surface area (Å²) >= 11 is 3.50. The van der Waals surface area contributed by atoms with Gasteiger partial charge in [-0.1, -0.05) is 34.1 Å². The van der Waals surface area contributed by atoms with E-state index in [4.69, 9.17) is 4.98 Å². The van der Waals surface area contributed by atoms with E-state index >= 15 is 0 Å². The molecule has 0 bridgehead atoms. The number of anilines is 3. The summed E-state index contributed by atoms with van der Waals surface area (Å²) in [4.78, 5) is 11.9. The van der Waals surface area contributed by atoms with Gasteiger partial charge in [-0.25, -0.2) is 4.98 Å². The highest BCUT2D eigenvalue weighted by atomic mass is 79.9. The van der Waals surface area contributed by atoms with Gasteiger partial charge >= 0.3 is 0 Å². The van der Waals surface area contributed by atoms with Crippen molar-refractivity contribution in [2.75, 3.05) is 36.8 Å². The van der Waals surface area contributed by atoms with E-state index in [-0.39, 0.29) is 0 Å². The zero-order valence-electron chi connectivity index (χ0n) is 14.6. The molecule has 5 nitrogen and oxygen atoms in total. The van der Waals surface area contributed by atoms with Gasteiger partial charge in [0.15, 0.2) is 0 Å². The van der Waals surface area contributed by atoms with Crippen LogP contribution in [0.4, 0.5) is 17.5 Å². The fourth-order valence-electron chi connectivity index (χ4n) is 3.30. The highest BCUT2D eigenvalue weighted by Gasteiger charge is 2.12. The molecule has 134 valence electrons. The minimum atomic E-state index is 0.602. The molecule has 0 unspecified atom stereocenters. The summed E-state index contributed by atoms with van der Waals surface area (Å²) in [6.07, 6.45) is 2.63. The van der Waals surface area contributed by atoms with E-state index < -0.39 is 0 Å². The monoisotopic (exact) mass is 411 g/mol. The van der Waals surface area contributed by atoms with Crippen molar-refractivity contribution in [3.05, 3.63) is 53.0 Å². The van der Waals surface area contributed by atoms with Crippen molar-refractivity contribution in [2.24, 2.45) is 0 Å². The molecule has 4 rings (SSSR count). The van der Waals surface area contributed by atoms with Gasteiger partial charge in [-0.2, -0.15) is 4.98 Å². The molecule has 0 aliphatic carbocycles. The molecule has 26 heavy (non-hydrogen) atoms. The Balaban J connectivity index is 1.56. The minimum absolute atomic E-state index is 0.602. The van der Waals surface area contributed by atoms with Crippen molar-refractivity contribution in [1.82, 2.24) is 14.9 Å². The van der Waals surface area contributed by atoms with Gasteiger partial charge in [-0.15, -0.1) is 0 Å². The van der Waals surface area contributed by atoms with Crippen LogP contribution in [0.5, 0.6) is 0 Å². The third kappa shape index (κ3) is 4.14. The predicted molar refractivity (Wildman–Crippen MR) is 111 cm³/mol. The Morgan fingerprint density at radius 1 is 1.00 bits per heavy atom. The van der Waals surface area contributed by atoms with Gasteiger partial charge in [0.05, 0.1) is 5.52 Å². The lowest BCUT2D eigenvalue weighted by atomic mass is 10.2. The first-order chi connectivity index (χ1) is 12.8. The van der Waals surface area contributed by atoms with E-state index in [0.29, 0.717) is 5.95 Å². The number of para-hydroxylation sites is 1. The molecule has 0 radical (unpaired) electrons. The molecule has 1 aliphatic rings. The van der Waals surface area contributed by atoms with Crippen LogP contribution in [0.1, 0.15) is 12.8 Å². The average molecular weight is 412 g/mol. The second-order valence-electron chi connectivity index (χ2n) is 6.52. The number of hydrogen-bond acceptors (Lipinski definition) is 5. The standard InChI is InChI=1S/C20H22BrN5/c21-15-6-5-7-16(14-15)23-20-24-18-9-2-1-8-17(18)19(25-20)22-10-13-26-11-3-4-12-26/h1-2,5-9,14H,3-4,10-13H2,(H2,22,23,24,25). The normalized spacial score (nSPS) is 14.7. The first-order valence-corrected chi connectivity index (χ1v) is 9.83. The molecule has 0 spiro atoms. The Bertz CT molecular complexity index is 892. The largest absolute Gasteiger partial charge is 0.368 e. The van der Waals surface area contributed by atoms with E-state index in [0.717, 1.165) is 40.0 Å². The van der Waals surface area contributed by atoms with Crippen molar-refractivity contribution >= 4 is 44.3 Å². The molecule has 2 N–H and O–H groups in total. The summed E-state index contributed by atoms with van der Waals surface area (Å²) in [7, 11) is 0. The summed E-state index contributed by atoms with van der Waals surface area (Å²) in [5.41, 5.74) is 1.89. The lowest BCUT2D eigenvalue weighted by Gasteiger charge is -2.16. The number of nitrogens with one attached hydrogen (secondary N) is 2. The summed E-state index contributed by atoms with van der Waals surface area (Å²) in [5.74, 6) is 1.48. The first-order valence-electron chi connectivity index (χ1n) is 9.03. The van der Waals surface area contributed by atoms with Gasteiger partial charge in [0.1, 0.15) is 5.82 Å². The minimum Gasteiger partial charge on any atom is -0.368 e. The van der Waals surface area contributed by atoms with E-state index in [1.54, 1.807) is 0 Å². The molecule has 2 heterocycles. The summed E-state index contributed by atoms with van der Waals surface area (Å²) < 4.78 is 1.02. The molecular weight excluding hydrogens is 390 g/mol. The van der Waals surface area contributed by atoms with Crippen LogP contribution in [0, 0.1) is 0 Å². The molecule has 0 atom stereocenters. The fourth-order valence-corrected chi connectivity index (χ4v) is 3.70. The number of rotatable bonds is 6. The van der Waals surface area contributed by atoms with Gasteiger partial charge in [-0.3, -0.25) is 0 Å². The Morgan fingerprint density at radius 3 is 2.69 bits per heavy atom. The molecule has 1 saturated heterocycles.